The van der Waals surface area contributed by atoms with Gasteiger partial charge in [-0.2, -0.15) is 5.10 Å². The van der Waals surface area contributed by atoms with Crippen molar-refractivity contribution in [2.45, 2.75) is 33.0 Å². The monoisotopic (exact) mass is 361 g/mol. The minimum absolute atomic E-state index is 0.0698. The molecule has 138 valence electrons. The minimum atomic E-state index is -0.0698. The Labute approximate surface area is 158 Å². The zero-order chi connectivity index (χ0) is 18.8. The molecule has 1 amide bonds. The van der Waals surface area contributed by atoms with Gasteiger partial charge >= 0.3 is 0 Å². The molecule has 0 fully saturated rings. The number of hydrogen-bond acceptors (Lipinski definition) is 4. The molecule has 1 aliphatic heterocycles. The number of fused-ring (bicyclic) bond motifs is 1. The Hall–Kier alpha value is -2.99. The summed E-state index contributed by atoms with van der Waals surface area (Å²) in [6, 6.07) is 14.6. The first-order valence-corrected chi connectivity index (χ1v) is 9.25. The number of aromatic nitrogens is 3. The number of carbonyl (C=O) groups excluding carboxylic acids is 1. The summed E-state index contributed by atoms with van der Waals surface area (Å²) in [4.78, 5) is 16.5. The third-order valence-electron chi connectivity index (χ3n) is 4.61. The summed E-state index contributed by atoms with van der Waals surface area (Å²) in [5, 5.41) is 10.9. The minimum Gasteiger partial charge on any atom is -0.349 e. The van der Waals surface area contributed by atoms with Gasteiger partial charge in [0.25, 0.3) is 5.91 Å². The first-order valence-electron chi connectivity index (χ1n) is 9.25. The van der Waals surface area contributed by atoms with Crippen LogP contribution in [0.5, 0.6) is 0 Å². The van der Waals surface area contributed by atoms with Crippen LogP contribution < -0.4 is 10.6 Å². The third-order valence-corrected chi connectivity index (χ3v) is 4.61. The van der Waals surface area contributed by atoms with E-state index in [1.807, 2.05) is 18.2 Å². The Morgan fingerprint density at radius 1 is 1.15 bits per heavy atom. The zero-order valence-electron chi connectivity index (χ0n) is 15.6. The van der Waals surface area contributed by atoms with Crippen LogP contribution in [0, 0.1) is 0 Å². The number of pyridine rings is 1. The molecule has 0 atom stereocenters. The normalized spacial score (nSPS) is 13.5. The third kappa shape index (κ3) is 3.75. The molecule has 0 saturated heterocycles. The fourth-order valence-electron chi connectivity index (χ4n) is 3.19. The molecule has 2 aromatic heterocycles. The average Bonchev–Trinajstić information content (AvgIpc) is 3.13. The Morgan fingerprint density at radius 2 is 2.00 bits per heavy atom. The molecule has 0 bridgehead atoms. The maximum atomic E-state index is 12.0. The molecule has 0 aliphatic carbocycles. The molecule has 6 nitrogen and oxygen atoms in total. The van der Waals surface area contributed by atoms with Crippen molar-refractivity contribution in [3.8, 4) is 22.5 Å². The van der Waals surface area contributed by atoms with Crippen LogP contribution in [-0.4, -0.2) is 33.3 Å². The molecule has 1 aromatic carbocycles. The van der Waals surface area contributed by atoms with Crippen LogP contribution in [0.25, 0.3) is 22.5 Å². The van der Waals surface area contributed by atoms with Gasteiger partial charge in [-0.05, 0) is 29.8 Å². The van der Waals surface area contributed by atoms with Gasteiger partial charge in [0.2, 0.25) is 0 Å². The van der Waals surface area contributed by atoms with Gasteiger partial charge in [0.15, 0.2) is 0 Å². The van der Waals surface area contributed by atoms with Crippen LogP contribution in [0.2, 0.25) is 0 Å². The molecule has 27 heavy (non-hydrogen) atoms. The van der Waals surface area contributed by atoms with E-state index in [0.29, 0.717) is 24.8 Å². The van der Waals surface area contributed by atoms with Crippen molar-refractivity contribution in [3.63, 3.8) is 0 Å². The van der Waals surface area contributed by atoms with E-state index in [0.717, 1.165) is 29.1 Å². The second kappa shape index (κ2) is 7.32. The molecule has 6 heteroatoms. The van der Waals surface area contributed by atoms with E-state index in [2.05, 4.69) is 58.8 Å². The summed E-state index contributed by atoms with van der Waals surface area (Å²) in [7, 11) is 0. The SMILES string of the molecule is CC(C)NCc1cccc(-c2cc(-c3cc4n(n3)CCNC4=O)ccn2)c1. The van der Waals surface area contributed by atoms with Crippen LogP contribution >= 0.6 is 0 Å². The summed E-state index contributed by atoms with van der Waals surface area (Å²) in [6.45, 7) is 6.42. The number of rotatable bonds is 5. The van der Waals surface area contributed by atoms with E-state index >= 15 is 0 Å². The predicted molar refractivity (Wildman–Crippen MR) is 105 cm³/mol. The summed E-state index contributed by atoms with van der Waals surface area (Å²) in [5.74, 6) is -0.0698. The van der Waals surface area contributed by atoms with Gasteiger partial charge in [-0.1, -0.05) is 32.0 Å². The number of hydrogen-bond donors (Lipinski definition) is 2. The van der Waals surface area contributed by atoms with Crippen molar-refractivity contribution in [2.75, 3.05) is 6.54 Å². The number of nitrogens with zero attached hydrogens (tertiary/aromatic N) is 3. The van der Waals surface area contributed by atoms with Gasteiger partial charge in [0.1, 0.15) is 5.69 Å². The van der Waals surface area contributed by atoms with Crippen LogP contribution in [0.15, 0.2) is 48.7 Å². The molecule has 3 aromatic rings. The van der Waals surface area contributed by atoms with Crippen molar-refractivity contribution >= 4 is 5.91 Å². The Kier molecular flexibility index (Phi) is 4.73. The van der Waals surface area contributed by atoms with E-state index in [-0.39, 0.29) is 5.91 Å². The number of amides is 1. The van der Waals surface area contributed by atoms with Gasteiger partial charge in [0.05, 0.1) is 17.9 Å². The smallest absolute Gasteiger partial charge is 0.269 e. The quantitative estimate of drug-likeness (QED) is 0.733. The predicted octanol–water partition coefficient (Wildman–Crippen LogP) is 2.85. The number of nitrogens with one attached hydrogen (secondary N) is 2. The molecular weight excluding hydrogens is 338 g/mol. The first-order chi connectivity index (χ1) is 13.1. The van der Waals surface area contributed by atoms with E-state index in [9.17, 15) is 4.79 Å². The summed E-state index contributed by atoms with van der Waals surface area (Å²) >= 11 is 0. The molecule has 0 saturated carbocycles. The topological polar surface area (TPSA) is 71.8 Å². The van der Waals surface area contributed by atoms with E-state index in [1.54, 1.807) is 10.9 Å². The van der Waals surface area contributed by atoms with E-state index in [1.165, 1.54) is 5.56 Å². The molecule has 1 aliphatic rings. The fourth-order valence-corrected chi connectivity index (χ4v) is 3.19. The van der Waals surface area contributed by atoms with Crippen LogP contribution in [0.1, 0.15) is 29.9 Å². The molecule has 0 spiro atoms. The summed E-state index contributed by atoms with van der Waals surface area (Å²) in [6.07, 6.45) is 1.79. The zero-order valence-corrected chi connectivity index (χ0v) is 15.6. The molecule has 0 unspecified atom stereocenters. The van der Waals surface area contributed by atoms with Gasteiger partial charge in [-0.15, -0.1) is 0 Å². The van der Waals surface area contributed by atoms with Crippen LogP contribution in [0.4, 0.5) is 0 Å². The van der Waals surface area contributed by atoms with Crippen molar-refractivity contribution in [1.29, 1.82) is 0 Å². The largest absolute Gasteiger partial charge is 0.349 e. The van der Waals surface area contributed by atoms with Crippen LogP contribution in [-0.2, 0) is 13.1 Å². The molecule has 2 N–H and O–H groups in total. The average molecular weight is 361 g/mol. The lowest BCUT2D eigenvalue weighted by atomic mass is 10.0. The second-order valence-corrected chi connectivity index (χ2v) is 7.06. The molecular formula is C21H23N5O. The van der Waals surface area contributed by atoms with Crippen LogP contribution in [0.3, 0.4) is 0 Å². The van der Waals surface area contributed by atoms with Gasteiger partial charge in [-0.3, -0.25) is 14.5 Å². The highest BCUT2D eigenvalue weighted by molar-refractivity contribution is 5.94. The number of benzene rings is 1. The Bertz CT molecular complexity index is 976. The standard InChI is InChI=1S/C21H23N5O/c1-14(2)24-13-15-4-3-5-16(10-15)18-11-17(6-7-22-18)19-12-20-21(27)23-8-9-26(20)25-19/h3-7,10-12,14,24H,8-9,13H2,1-2H3,(H,23,27). The lowest BCUT2D eigenvalue weighted by molar-refractivity contribution is 0.0924. The highest BCUT2D eigenvalue weighted by atomic mass is 16.2. The highest BCUT2D eigenvalue weighted by Gasteiger charge is 2.20. The Balaban J connectivity index is 1.64. The first kappa shape index (κ1) is 17.4. The van der Waals surface area contributed by atoms with Crippen molar-refractivity contribution in [1.82, 2.24) is 25.4 Å². The van der Waals surface area contributed by atoms with E-state index < -0.39 is 0 Å². The van der Waals surface area contributed by atoms with Crippen molar-refractivity contribution < 1.29 is 4.79 Å². The van der Waals surface area contributed by atoms with Gasteiger partial charge in [0, 0.05) is 36.5 Å². The molecule has 3 heterocycles. The Morgan fingerprint density at radius 3 is 2.81 bits per heavy atom. The second-order valence-electron chi connectivity index (χ2n) is 7.06. The lowest BCUT2D eigenvalue weighted by Gasteiger charge is -2.13. The lowest BCUT2D eigenvalue weighted by Crippen LogP contribution is -2.35. The van der Waals surface area contributed by atoms with Gasteiger partial charge < -0.3 is 10.6 Å². The van der Waals surface area contributed by atoms with Crippen molar-refractivity contribution in [3.05, 3.63) is 59.9 Å². The maximum absolute atomic E-state index is 12.0. The summed E-state index contributed by atoms with van der Waals surface area (Å²) in [5.41, 5.74) is 5.55. The molecule has 0 radical (unpaired) electrons. The highest BCUT2D eigenvalue weighted by Crippen LogP contribution is 2.25. The number of carbonyl (C=O) groups is 1. The molecule has 4 rings (SSSR count). The van der Waals surface area contributed by atoms with E-state index in [4.69, 9.17) is 0 Å². The van der Waals surface area contributed by atoms with Gasteiger partial charge in [-0.25, -0.2) is 0 Å². The maximum Gasteiger partial charge on any atom is 0.269 e. The summed E-state index contributed by atoms with van der Waals surface area (Å²) < 4.78 is 1.77. The fraction of sp³-hybridized carbons (Fsp3) is 0.286. The van der Waals surface area contributed by atoms with Crippen molar-refractivity contribution in [2.24, 2.45) is 0 Å².